The molecular formula is C15H15NO3. The first-order valence-corrected chi connectivity index (χ1v) is 6.03. The lowest BCUT2D eigenvalue weighted by Gasteiger charge is -2.07. The summed E-state index contributed by atoms with van der Waals surface area (Å²) in [7, 11) is 0. The minimum atomic E-state index is -0.351. The Hall–Kier alpha value is -2.20. The second-order valence-electron chi connectivity index (χ2n) is 4.32. The lowest BCUT2D eigenvalue weighted by molar-refractivity contribution is -0.386. The van der Waals surface area contributed by atoms with Crippen molar-refractivity contribution in [2.75, 3.05) is 0 Å². The summed E-state index contributed by atoms with van der Waals surface area (Å²) < 4.78 is 5.55. The van der Waals surface area contributed by atoms with Gasteiger partial charge in [0.05, 0.1) is 23.7 Å². The van der Waals surface area contributed by atoms with Crippen molar-refractivity contribution in [3.63, 3.8) is 0 Å². The van der Waals surface area contributed by atoms with E-state index in [1.165, 1.54) is 0 Å². The number of rotatable bonds is 5. The number of hydrogen-bond donors (Lipinski definition) is 0. The minimum Gasteiger partial charge on any atom is -0.372 e. The Balaban J connectivity index is 2.04. The average molecular weight is 257 g/mol. The molecular weight excluding hydrogens is 242 g/mol. The molecule has 19 heavy (non-hydrogen) atoms. The highest BCUT2D eigenvalue weighted by atomic mass is 16.6. The van der Waals surface area contributed by atoms with Crippen molar-refractivity contribution in [3.05, 3.63) is 75.3 Å². The Kier molecular flexibility index (Phi) is 4.26. The summed E-state index contributed by atoms with van der Waals surface area (Å²) >= 11 is 0. The maximum absolute atomic E-state index is 11.0. The van der Waals surface area contributed by atoms with E-state index in [0.29, 0.717) is 17.7 Å². The summed E-state index contributed by atoms with van der Waals surface area (Å²) in [6, 6.07) is 15.0. The smallest absolute Gasteiger partial charge is 0.277 e. The fourth-order valence-electron chi connectivity index (χ4n) is 1.95. The predicted octanol–water partition coefficient (Wildman–Crippen LogP) is 3.62. The second-order valence-corrected chi connectivity index (χ2v) is 4.32. The van der Waals surface area contributed by atoms with Crippen molar-refractivity contribution in [1.82, 2.24) is 0 Å². The first-order chi connectivity index (χ1) is 9.18. The standard InChI is InChI=1S/C15H15NO3/c1-12-6-5-9-14(15(12)16(17)18)11-19-10-13-7-3-2-4-8-13/h2-9H,10-11H2,1H3. The second kappa shape index (κ2) is 6.11. The first-order valence-electron chi connectivity index (χ1n) is 6.03. The van der Waals surface area contributed by atoms with Crippen molar-refractivity contribution < 1.29 is 9.66 Å². The molecule has 0 aromatic heterocycles. The molecule has 0 heterocycles. The normalized spacial score (nSPS) is 10.4. The van der Waals surface area contributed by atoms with Crippen LogP contribution in [0.15, 0.2) is 48.5 Å². The molecule has 4 heteroatoms. The van der Waals surface area contributed by atoms with Crippen LogP contribution in [0.2, 0.25) is 0 Å². The van der Waals surface area contributed by atoms with Gasteiger partial charge in [-0.3, -0.25) is 10.1 Å². The number of hydrogen-bond acceptors (Lipinski definition) is 3. The number of aryl methyl sites for hydroxylation is 1. The van der Waals surface area contributed by atoms with E-state index in [-0.39, 0.29) is 17.2 Å². The van der Waals surface area contributed by atoms with Crippen molar-refractivity contribution in [1.29, 1.82) is 0 Å². The average Bonchev–Trinajstić information content (AvgIpc) is 2.39. The molecule has 0 radical (unpaired) electrons. The number of nitro benzene ring substituents is 1. The molecule has 0 aliphatic rings. The molecule has 4 nitrogen and oxygen atoms in total. The molecule has 0 amide bonds. The lowest BCUT2D eigenvalue weighted by Crippen LogP contribution is -2.01. The Morgan fingerprint density at radius 1 is 1.05 bits per heavy atom. The number of para-hydroxylation sites is 1. The monoisotopic (exact) mass is 257 g/mol. The number of benzene rings is 2. The van der Waals surface area contributed by atoms with Gasteiger partial charge in [-0.05, 0) is 18.6 Å². The van der Waals surface area contributed by atoms with Crippen LogP contribution in [-0.2, 0) is 18.0 Å². The van der Waals surface area contributed by atoms with E-state index in [0.717, 1.165) is 5.56 Å². The quantitative estimate of drug-likeness (QED) is 0.607. The van der Waals surface area contributed by atoms with Crippen LogP contribution < -0.4 is 0 Å². The molecule has 98 valence electrons. The van der Waals surface area contributed by atoms with E-state index in [2.05, 4.69) is 0 Å². The summed E-state index contributed by atoms with van der Waals surface area (Å²) in [5.41, 5.74) is 2.47. The topological polar surface area (TPSA) is 52.4 Å². The SMILES string of the molecule is Cc1cccc(COCc2ccccc2)c1[N+](=O)[O-]. The van der Waals surface area contributed by atoms with E-state index in [1.807, 2.05) is 36.4 Å². The maximum Gasteiger partial charge on any atom is 0.277 e. The van der Waals surface area contributed by atoms with Gasteiger partial charge in [0.1, 0.15) is 0 Å². The largest absolute Gasteiger partial charge is 0.372 e. The van der Waals surface area contributed by atoms with Crippen molar-refractivity contribution >= 4 is 5.69 Å². The molecule has 0 spiro atoms. The Labute approximate surface area is 111 Å². The fourth-order valence-corrected chi connectivity index (χ4v) is 1.95. The molecule has 0 aliphatic heterocycles. The molecule has 2 aromatic carbocycles. The molecule has 0 aliphatic carbocycles. The van der Waals surface area contributed by atoms with Crippen LogP contribution in [0.4, 0.5) is 5.69 Å². The van der Waals surface area contributed by atoms with Crippen molar-refractivity contribution in [2.45, 2.75) is 20.1 Å². The third-order valence-electron chi connectivity index (χ3n) is 2.87. The van der Waals surface area contributed by atoms with Gasteiger partial charge < -0.3 is 4.74 Å². The summed E-state index contributed by atoms with van der Waals surface area (Å²) in [4.78, 5) is 10.7. The molecule has 0 atom stereocenters. The first kappa shape index (κ1) is 13.2. The number of nitro groups is 1. The molecule has 0 unspecified atom stereocenters. The van der Waals surface area contributed by atoms with Crippen molar-refractivity contribution in [2.24, 2.45) is 0 Å². The van der Waals surface area contributed by atoms with Crippen LogP contribution in [0.3, 0.4) is 0 Å². The van der Waals surface area contributed by atoms with Gasteiger partial charge in [-0.25, -0.2) is 0 Å². The summed E-state index contributed by atoms with van der Waals surface area (Å²) in [5.74, 6) is 0. The minimum absolute atomic E-state index is 0.149. The molecule has 0 saturated heterocycles. The van der Waals surface area contributed by atoms with Crippen LogP contribution in [-0.4, -0.2) is 4.92 Å². The molecule has 0 fully saturated rings. The van der Waals surface area contributed by atoms with Crippen LogP contribution in [0.25, 0.3) is 0 Å². The van der Waals surface area contributed by atoms with Gasteiger partial charge in [-0.2, -0.15) is 0 Å². The lowest BCUT2D eigenvalue weighted by atomic mass is 10.1. The van der Waals surface area contributed by atoms with Gasteiger partial charge >= 0.3 is 0 Å². The molecule has 0 N–H and O–H groups in total. The third kappa shape index (κ3) is 3.39. The zero-order chi connectivity index (χ0) is 13.7. The van der Waals surface area contributed by atoms with Crippen LogP contribution in [0.1, 0.15) is 16.7 Å². The number of nitrogens with zero attached hydrogens (tertiary/aromatic N) is 1. The summed E-state index contributed by atoms with van der Waals surface area (Å²) in [5, 5.41) is 11.0. The van der Waals surface area contributed by atoms with E-state index < -0.39 is 0 Å². The highest BCUT2D eigenvalue weighted by Gasteiger charge is 2.16. The van der Waals surface area contributed by atoms with E-state index in [1.54, 1.807) is 19.1 Å². The van der Waals surface area contributed by atoms with Crippen LogP contribution >= 0.6 is 0 Å². The van der Waals surface area contributed by atoms with Gasteiger partial charge in [0.2, 0.25) is 0 Å². The van der Waals surface area contributed by atoms with E-state index >= 15 is 0 Å². The van der Waals surface area contributed by atoms with Gasteiger partial charge in [0, 0.05) is 5.56 Å². The van der Waals surface area contributed by atoms with Gasteiger partial charge in [-0.15, -0.1) is 0 Å². The van der Waals surface area contributed by atoms with E-state index in [4.69, 9.17) is 4.74 Å². The number of ether oxygens (including phenoxy) is 1. The zero-order valence-electron chi connectivity index (χ0n) is 10.7. The highest BCUT2D eigenvalue weighted by molar-refractivity contribution is 5.46. The van der Waals surface area contributed by atoms with Gasteiger partial charge in [-0.1, -0.05) is 42.5 Å². The molecule has 0 bridgehead atoms. The Morgan fingerprint density at radius 3 is 2.47 bits per heavy atom. The molecule has 2 rings (SSSR count). The maximum atomic E-state index is 11.0. The van der Waals surface area contributed by atoms with Crippen LogP contribution in [0, 0.1) is 17.0 Å². The highest BCUT2D eigenvalue weighted by Crippen LogP contribution is 2.23. The predicted molar refractivity (Wildman–Crippen MR) is 72.8 cm³/mol. The fraction of sp³-hybridized carbons (Fsp3) is 0.200. The van der Waals surface area contributed by atoms with Crippen LogP contribution in [0.5, 0.6) is 0 Å². The Bertz CT molecular complexity index is 567. The van der Waals surface area contributed by atoms with E-state index in [9.17, 15) is 10.1 Å². The molecule has 0 saturated carbocycles. The zero-order valence-corrected chi connectivity index (χ0v) is 10.7. The van der Waals surface area contributed by atoms with Gasteiger partial charge in [0.25, 0.3) is 5.69 Å². The summed E-state index contributed by atoms with van der Waals surface area (Å²) in [6.07, 6.45) is 0. The summed E-state index contributed by atoms with van der Waals surface area (Å²) in [6.45, 7) is 2.43. The Morgan fingerprint density at radius 2 is 1.79 bits per heavy atom. The van der Waals surface area contributed by atoms with Crippen molar-refractivity contribution in [3.8, 4) is 0 Å². The molecule has 2 aromatic rings. The third-order valence-corrected chi connectivity index (χ3v) is 2.87. The van der Waals surface area contributed by atoms with Gasteiger partial charge in [0.15, 0.2) is 0 Å².